The normalized spacial score (nSPS) is 17.4. The van der Waals surface area contributed by atoms with Crippen molar-refractivity contribution in [3.63, 3.8) is 0 Å². The molecule has 2 aromatic carbocycles. The monoisotopic (exact) mass is 413 g/mol. The molecule has 150 valence electrons. The lowest BCUT2D eigenvalue weighted by atomic mass is 10.2. The summed E-state index contributed by atoms with van der Waals surface area (Å²) in [5, 5.41) is 2.45. The van der Waals surface area contributed by atoms with Crippen molar-refractivity contribution in [2.75, 3.05) is 19.0 Å². The summed E-state index contributed by atoms with van der Waals surface area (Å²) in [6, 6.07) is 13.1. The van der Waals surface area contributed by atoms with Crippen LogP contribution in [0.25, 0.3) is 0 Å². The first-order valence-electron chi connectivity index (χ1n) is 8.88. The third kappa shape index (κ3) is 4.83. The Kier molecular flexibility index (Phi) is 6.66. The molecule has 6 nitrogen and oxygen atoms in total. The van der Waals surface area contributed by atoms with Crippen molar-refractivity contribution in [3.8, 4) is 5.75 Å². The summed E-state index contributed by atoms with van der Waals surface area (Å²) in [6.07, 6.45) is 1.51. The van der Waals surface area contributed by atoms with E-state index in [-0.39, 0.29) is 30.5 Å². The van der Waals surface area contributed by atoms with E-state index in [2.05, 4.69) is 16.9 Å². The molecule has 0 aliphatic carbocycles. The zero-order chi connectivity index (χ0) is 20.8. The van der Waals surface area contributed by atoms with Gasteiger partial charge in [0, 0.05) is 13.0 Å². The molecule has 0 unspecified atom stereocenters. The quantitative estimate of drug-likeness (QED) is 0.697. The van der Waals surface area contributed by atoms with Crippen LogP contribution in [0.5, 0.6) is 5.75 Å². The van der Waals surface area contributed by atoms with Crippen molar-refractivity contribution >= 4 is 40.1 Å². The van der Waals surface area contributed by atoms with E-state index in [1.165, 1.54) is 24.1 Å². The van der Waals surface area contributed by atoms with Crippen LogP contribution in [0.3, 0.4) is 0 Å². The number of aliphatic imine (C=N–C) groups is 1. The molecule has 1 atom stereocenters. The summed E-state index contributed by atoms with van der Waals surface area (Å²) >= 11 is 1.14. The first-order valence-corrected chi connectivity index (χ1v) is 9.76. The molecule has 2 amide bonds. The van der Waals surface area contributed by atoms with Crippen molar-refractivity contribution < 1.29 is 18.7 Å². The number of ether oxygens (including phenoxy) is 1. The molecule has 0 spiro atoms. The van der Waals surface area contributed by atoms with Gasteiger partial charge in [-0.1, -0.05) is 42.1 Å². The van der Waals surface area contributed by atoms with E-state index < -0.39 is 11.1 Å². The highest BCUT2D eigenvalue weighted by Crippen LogP contribution is 2.33. The molecule has 2 aromatic rings. The summed E-state index contributed by atoms with van der Waals surface area (Å²) in [5.74, 6) is -0.545. The van der Waals surface area contributed by atoms with Crippen LogP contribution < -0.4 is 10.1 Å². The van der Waals surface area contributed by atoms with Gasteiger partial charge < -0.3 is 10.1 Å². The number of hydrogen-bond donors (Lipinski definition) is 1. The van der Waals surface area contributed by atoms with Gasteiger partial charge in [-0.15, -0.1) is 6.58 Å². The first-order chi connectivity index (χ1) is 14.0. The fourth-order valence-corrected chi connectivity index (χ4v) is 3.95. The lowest BCUT2D eigenvalue weighted by Crippen LogP contribution is -2.33. The molecule has 0 radical (unpaired) electrons. The summed E-state index contributed by atoms with van der Waals surface area (Å²) in [6.45, 7) is 3.88. The van der Waals surface area contributed by atoms with Crippen LogP contribution in [-0.2, 0) is 9.59 Å². The minimum Gasteiger partial charge on any atom is -0.495 e. The van der Waals surface area contributed by atoms with Gasteiger partial charge in [0.05, 0.1) is 12.8 Å². The van der Waals surface area contributed by atoms with Crippen LogP contribution in [0, 0.1) is 5.82 Å². The van der Waals surface area contributed by atoms with Gasteiger partial charge in [0.1, 0.15) is 22.5 Å². The zero-order valence-corrected chi connectivity index (χ0v) is 16.6. The minimum absolute atomic E-state index is 0.0501. The molecule has 8 heteroatoms. The average Bonchev–Trinajstić information content (AvgIpc) is 2.99. The van der Waals surface area contributed by atoms with E-state index in [0.717, 1.165) is 11.8 Å². The first kappa shape index (κ1) is 20.6. The summed E-state index contributed by atoms with van der Waals surface area (Å²) in [4.78, 5) is 31.0. The number of rotatable bonds is 7. The Morgan fingerprint density at radius 2 is 2.03 bits per heavy atom. The zero-order valence-electron chi connectivity index (χ0n) is 15.8. The number of carbonyl (C=O) groups is 2. The number of anilines is 1. The van der Waals surface area contributed by atoms with Crippen LogP contribution in [0.4, 0.5) is 15.8 Å². The Labute approximate surface area is 172 Å². The number of benzene rings is 2. The Morgan fingerprint density at radius 3 is 2.76 bits per heavy atom. The van der Waals surface area contributed by atoms with Crippen molar-refractivity contribution in [1.29, 1.82) is 0 Å². The molecule has 29 heavy (non-hydrogen) atoms. The van der Waals surface area contributed by atoms with Crippen LogP contribution in [0.1, 0.15) is 6.42 Å². The lowest BCUT2D eigenvalue weighted by molar-refractivity contribution is -0.127. The number of carbonyl (C=O) groups excluding carboxylic acids is 2. The summed E-state index contributed by atoms with van der Waals surface area (Å²) < 4.78 is 19.2. The van der Waals surface area contributed by atoms with Crippen LogP contribution in [0.15, 0.2) is 66.2 Å². The van der Waals surface area contributed by atoms with Crippen molar-refractivity contribution in [2.24, 2.45) is 4.99 Å². The van der Waals surface area contributed by atoms with Gasteiger partial charge in [0.2, 0.25) is 11.8 Å². The van der Waals surface area contributed by atoms with Crippen LogP contribution in [0.2, 0.25) is 0 Å². The van der Waals surface area contributed by atoms with Crippen molar-refractivity contribution in [1.82, 2.24) is 4.90 Å². The molecule has 1 fully saturated rings. The van der Waals surface area contributed by atoms with Gasteiger partial charge in [-0.25, -0.2) is 9.38 Å². The van der Waals surface area contributed by atoms with Gasteiger partial charge in [-0.3, -0.25) is 14.5 Å². The van der Waals surface area contributed by atoms with E-state index in [9.17, 15) is 14.0 Å². The summed E-state index contributed by atoms with van der Waals surface area (Å²) in [5.41, 5.74) is 0.662. The van der Waals surface area contributed by atoms with Crippen molar-refractivity contribution in [2.45, 2.75) is 11.7 Å². The fourth-order valence-electron chi connectivity index (χ4n) is 2.79. The maximum Gasteiger partial charge on any atom is 0.242 e. The standard InChI is InChI=1S/C21H20FN3O3S/c1-3-12-25-20(27)18(29-21(25)24-15-9-5-4-8-14(15)22)13-19(26)23-16-10-6-7-11-17(16)28-2/h3-11,18H,1,12-13H2,2H3,(H,23,26)/t18-/m0/s1. The van der Waals surface area contributed by atoms with Crippen LogP contribution in [-0.4, -0.2) is 40.8 Å². The fraction of sp³-hybridized carbons (Fsp3) is 0.190. The predicted octanol–water partition coefficient (Wildman–Crippen LogP) is 3.98. The number of nitrogens with zero attached hydrogens (tertiary/aromatic N) is 2. The minimum atomic E-state index is -0.657. The Bertz CT molecular complexity index is 964. The topological polar surface area (TPSA) is 71.0 Å². The Hall–Kier alpha value is -3.13. The number of para-hydroxylation sites is 3. The Balaban J connectivity index is 1.76. The second-order valence-corrected chi connectivity index (χ2v) is 7.31. The maximum atomic E-state index is 14.0. The molecule has 1 heterocycles. The van der Waals surface area contributed by atoms with Crippen LogP contribution >= 0.6 is 11.8 Å². The molecule has 0 saturated carbocycles. The number of amidine groups is 1. The van der Waals surface area contributed by atoms with Gasteiger partial charge >= 0.3 is 0 Å². The van der Waals surface area contributed by atoms with E-state index >= 15 is 0 Å². The molecular weight excluding hydrogens is 393 g/mol. The van der Waals surface area contributed by atoms with Gasteiger partial charge in [0.15, 0.2) is 5.17 Å². The number of halogens is 1. The van der Waals surface area contributed by atoms with Crippen molar-refractivity contribution in [3.05, 3.63) is 67.0 Å². The highest BCUT2D eigenvalue weighted by molar-refractivity contribution is 8.15. The van der Waals surface area contributed by atoms with E-state index in [0.29, 0.717) is 16.6 Å². The smallest absolute Gasteiger partial charge is 0.242 e. The number of thioether (sulfide) groups is 1. The lowest BCUT2D eigenvalue weighted by Gasteiger charge is -2.14. The highest BCUT2D eigenvalue weighted by atomic mass is 32.2. The van der Waals surface area contributed by atoms with Gasteiger partial charge in [0.25, 0.3) is 0 Å². The number of hydrogen-bond acceptors (Lipinski definition) is 5. The largest absolute Gasteiger partial charge is 0.495 e. The van der Waals surface area contributed by atoms with E-state index in [1.807, 2.05) is 0 Å². The number of nitrogens with one attached hydrogen (secondary N) is 1. The highest BCUT2D eigenvalue weighted by Gasteiger charge is 2.38. The van der Waals surface area contributed by atoms with E-state index in [4.69, 9.17) is 4.74 Å². The molecule has 0 bridgehead atoms. The summed E-state index contributed by atoms with van der Waals surface area (Å²) in [7, 11) is 1.51. The van der Waals surface area contributed by atoms with Gasteiger partial charge in [-0.2, -0.15) is 0 Å². The predicted molar refractivity (Wildman–Crippen MR) is 113 cm³/mol. The average molecular weight is 413 g/mol. The molecule has 1 saturated heterocycles. The second kappa shape index (κ2) is 9.38. The molecule has 1 aliphatic heterocycles. The molecule has 1 N–H and O–H groups in total. The number of amides is 2. The molecular formula is C21H20FN3O3S. The molecule has 0 aromatic heterocycles. The molecule has 1 aliphatic rings. The SMILES string of the molecule is C=CCN1C(=O)[C@H](CC(=O)Nc2ccccc2OC)SC1=Nc1ccccc1F. The second-order valence-electron chi connectivity index (χ2n) is 6.14. The maximum absolute atomic E-state index is 14.0. The van der Waals surface area contributed by atoms with E-state index in [1.54, 1.807) is 42.5 Å². The molecule has 3 rings (SSSR count). The third-order valence-electron chi connectivity index (χ3n) is 4.15. The number of methoxy groups -OCH3 is 1. The van der Waals surface area contributed by atoms with Gasteiger partial charge in [-0.05, 0) is 24.3 Å². The Morgan fingerprint density at radius 1 is 1.31 bits per heavy atom. The third-order valence-corrected chi connectivity index (χ3v) is 5.33.